The van der Waals surface area contributed by atoms with Crippen molar-refractivity contribution in [1.29, 1.82) is 0 Å². The molecule has 162 valence electrons. The Morgan fingerprint density at radius 3 is 2.57 bits per heavy atom. The van der Waals surface area contributed by atoms with E-state index in [1.807, 2.05) is 0 Å². The maximum absolute atomic E-state index is 12.8. The van der Waals surface area contributed by atoms with Crippen molar-refractivity contribution in [2.24, 2.45) is 5.92 Å². The third-order valence-corrected chi connectivity index (χ3v) is 6.31. The summed E-state index contributed by atoms with van der Waals surface area (Å²) in [5.41, 5.74) is -1.01. The second-order valence-corrected chi connectivity index (χ2v) is 8.76. The van der Waals surface area contributed by atoms with Gasteiger partial charge in [-0.05, 0) is 55.2 Å². The van der Waals surface area contributed by atoms with Crippen LogP contribution >= 0.6 is 0 Å². The zero-order chi connectivity index (χ0) is 21.8. The molecule has 30 heavy (non-hydrogen) atoms. The molecule has 1 aromatic carbocycles. The van der Waals surface area contributed by atoms with Crippen LogP contribution in [0.1, 0.15) is 24.2 Å². The fraction of sp³-hybridized carbons (Fsp3) is 0.350. The molecular formula is C20H21F3N2O4S. The number of piperidine rings is 1. The lowest BCUT2D eigenvalue weighted by atomic mass is 9.97. The minimum atomic E-state index is -4.61. The molecule has 3 rings (SSSR count). The molecule has 2 aromatic rings. The number of halogens is 3. The number of amides is 1. The topological polar surface area (TPSA) is 79.6 Å². The number of likely N-dealkylation sites (tertiary alicyclic amines) is 1. The molecule has 0 radical (unpaired) electrons. The van der Waals surface area contributed by atoms with Gasteiger partial charge in [0, 0.05) is 25.7 Å². The molecule has 1 fully saturated rings. The molecule has 1 aromatic heterocycles. The van der Waals surface area contributed by atoms with Gasteiger partial charge < -0.3 is 9.32 Å². The lowest BCUT2D eigenvalue weighted by Crippen LogP contribution is -2.40. The number of alkyl halides is 3. The van der Waals surface area contributed by atoms with Gasteiger partial charge in [-0.1, -0.05) is 6.07 Å². The van der Waals surface area contributed by atoms with Crippen LogP contribution in [0.4, 0.5) is 13.2 Å². The molecule has 0 saturated carbocycles. The molecule has 1 saturated heterocycles. The summed E-state index contributed by atoms with van der Waals surface area (Å²) in [6.45, 7) is 1.04. The normalized spacial score (nSPS) is 16.3. The SMILES string of the molecule is O=C(C=Cc1ccco1)N1CCC(CNS(=O)(=O)c2cccc(C(F)(F)F)c2)CC1. The second kappa shape index (κ2) is 9.05. The van der Waals surface area contributed by atoms with E-state index in [2.05, 4.69) is 4.72 Å². The predicted octanol–water partition coefficient (Wildman–Crippen LogP) is 3.53. The quantitative estimate of drug-likeness (QED) is 0.695. The smallest absolute Gasteiger partial charge is 0.416 e. The van der Waals surface area contributed by atoms with Gasteiger partial charge in [0.25, 0.3) is 0 Å². The molecular weight excluding hydrogens is 421 g/mol. The summed E-state index contributed by atoms with van der Waals surface area (Å²) < 4.78 is 70.7. The van der Waals surface area contributed by atoms with E-state index in [9.17, 15) is 26.4 Å². The van der Waals surface area contributed by atoms with E-state index < -0.39 is 26.7 Å². The van der Waals surface area contributed by atoms with Crippen molar-refractivity contribution in [1.82, 2.24) is 9.62 Å². The third kappa shape index (κ3) is 5.73. The molecule has 1 N–H and O–H groups in total. The predicted molar refractivity (Wildman–Crippen MR) is 104 cm³/mol. The molecule has 0 aliphatic carbocycles. The number of nitrogens with one attached hydrogen (secondary N) is 1. The molecule has 0 spiro atoms. The Kier molecular flexibility index (Phi) is 6.67. The van der Waals surface area contributed by atoms with Crippen molar-refractivity contribution in [3.05, 3.63) is 60.1 Å². The van der Waals surface area contributed by atoms with Crippen LogP contribution in [-0.4, -0.2) is 38.9 Å². The molecule has 1 aliphatic heterocycles. The standard InChI is InChI=1S/C20H21F3N2O4S/c21-20(22,23)16-3-1-5-18(13-16)30(27,28)24-14-15-8-10-25(11-9-15)19(26)7-6-17-4-2-12-29-17/h1-7,12-13,15,24H,8-11,14H2. The highest BCUT2D eigenvalue weighted by Gasteiger charge is 2.32. The van der Waals surface area contributed by atoms with Gasteiger partial charge in [-0.15, -0.1) is 0 Å². The average Bonchev–Trinajstić information content (AvgIpc) is 3.24. The minimum Gasteiger partial charge on any atom is -0.465 e. The van der Waals surface area contributed by atoms with Crippen LogP contribution in [0.2, 0.25) is 0 Å². The zero-order valence-electron chi connectivity index (χ0n) is 15.9. The van der Waals surface area contributed by atoms with Gasteiger partial charge in [0.2, 0.25) is 15.9 Å². The van der Waals surface area contributed by atoms with Crippen molar-refractivity contribution in [2.75, 3.05) is 19.6 Å². The molecule has 6 nitrogen and oxygen atoms in total. The van der Waals surface area contributed by atoms with Gasteiger partial charge in [-0.3, -0.25) is 4.79 Å². The summed E-state index contributed by atoms with van der Waals surface area (Å²) >= 11 is 0. The molecule has 0 atom stereocenters. The maximum atomic E-state index is 12.8. The second-order valence-electron chi connectivity index (χ2n) is 6.99. The van der Waals surface area contributed by atoms with Crippen molar-refractivity contribution >= 4 is 22.0 Å². The highest BCUT2D eigenvalue weighted by Crippen LogP contribution is 2.30. The van der Waals surface area contributed by atoms with Crippen molar-refractivity contribution < 1.29 is 30.8 Å². The van der Waals surface area contributed by atoms with Gasteiger partial charge in [0.1, 0.15) is 5.76 Å². The monoisotopic (exact) mass is 442 g/mol. The Balaban J connectivity index is 1.51. The first-order valence-electron chi connectivity index (χ1n) is 9.32. The van der Waals surface area contributed by atoms with E-state index in [0.29, 0.717) is 37.8 Å². The Hall–Kier alpha value is -2.59. The van der Waals surface area contributed by atoms with Crippen LogP contribution in [0.25, 0.3) is 6.08 Å². The highest BCUT2D eigenvalue weighted by molar-refractivity contribution is 7.89. The first-order chi connectivity index (χ1) is 14.1. The van der Waals surface area contributed by atoms with Gasteiger partial charge in [0.05, 0.1) is 16.7 Å². The first kappa shape index (κ1) is 22.1. The van der Waals surface area contributed by atoms with Gasteiger partial charge in [-0.2, -0.15) is 13.2 Å². The number of nitrogens with zero attached hydrogens (tertiary/aromatic N) is 1. The molecule has 0 bridgehead atoms. The van der Waals surface area contributed by atoms with Gasteiger partial charge in [-0.25, -0.2) is 13.1 Å². The van der Waals surface area contributed by atoms with Crippen molar-refractivity contribution in [2.45, 2.75) is 23.9 Å². The average molecular weight is 442 g/mol. The van der Waals surface area contributed by atoms with E-state index in [-0.39, 0.29) is 18.4 Å². The van der Waals surface area contributed by atoms with E-state index >= 15 is 0 Å². The summed E-state index contributed by atoms with van der Waals surface area (Å²) in [5.74, 6) is 0.403. The number of furan rings is 1. The lowest BCUT2D eigenvalue weighted by molar-refractivity contribution is -0.137. The lowest BCUT2D eigenvalue weighted by Gasteiger charge is -2.31. The largest absolute Gasteiger partial charge is 0.465 e. The molecule has 1 amide bonds. The molecule has 2 heterocycles. The van der Waals surface area contributed by atoms with Crippen LogP contribution in [0, 0.1) is 5.92 Å². The summed E-state index contributed by atoms with van der Waals surface area (Å²) in [6, 6.07) is 7.09. The number of carbonyl (C=O) groups is 1. The number of hydrogen-bond donors (Lipinski definition) is 1. The Morgan fingerprint density at radius 2 is 1.93 bits per heavy atom. The summed E-state index contributed by atoms with van der Waals surface area (Å²) in [5, 5.41) is 0. The number of hydrogen-bond acceptors (Lipinski definition) is 4. The van der Waals surface area contributed by atoms with E-state index in [1.165, 1.54) is 12.3 Å². The number of rotatable bonds is 6. The Bertz CT molecular complexity index is 993. The number of benzene rings is 1. The summed E-state index contributed by atoms with van der Waals surface area (Å²) in [6.07, 6.45) is 1.08. The fourth-order valence-corrected chi connectivity index (χ4v) is 4.31. The van der Waals surface area contributed by atoms with Crippen LogP contribution in [-0.2, 0) is 21.0 Å². The fourth-order valence-electron chi connectivity index (χ4n) is 3.15. The van der Waals surface area contributed by atoms with Gasteiger partial charge >= 0.3 is 6.18 Å². The summed E-state index contributed by atoms with van der Waals surface area (Å²) in [7, 11) is -4.06. The van der Waals surface area contributed by atoms with Crippen LogP contribution in [0.5, 0.6) is 0 Å². The molecule has 1 aliphatic rings. The zero-order valence-corrected chi connectivity index (χ0v) is 16.7. The van der Waals surface area contributed by atoms with Crippen LogP contribution < -0.4 is 4.72 Å². The Morgan fingerprint density at radius 1 is 1.20 bits per heavy atom. The molecule has 10 heteroatoms. The Labute approximate surface area is 172 Å². The van der Waals surface area contributed by atoms with Crippen LogP contribution in [0.15, 0.2) is 58.1 Å². The third-order valence-electron chi connectivity index (χ3n) is 4.89. The van der Waals surface area contributed by atoms with Crippen LogP contribution in [0.3, 0.4) is 0 Å². The van der Waals surface area contributed by atoms with Crippen molar-refractivity contribution in [3.63, 3.8) is 0 Å². The number of carbonyl (C=O) groups excluding carboxylic acids is 1. The van der Waals surface area contributed by atoms with E-state index in [4.69, 9.17) is 4.42 Å². The first-order valence-corrected chi connectivity index (χ1v) is 10.8. The highest BCUT2D eigenvalue weighted by atomic mass is 32.2. The van der Waals surface area contributed by atoms with Crippen molar-refractivity contribution in [3.8, 4) is 0 Å². The number of sulfonamides is 1. The van der Waals surface area contributed by atoms with E-state index in [1.54, 1.807) is 23.1 Å². The maximum Gasteiger partial charge on any atom is 0.416 e. The molecule has 0 unspecified atom stereocenters. The van der Waals surface area contributed by atoms with E-state index in [0.717, 1.165) is 18.2 Å². The summed E-state index contributed by atoms with van der Waals surface area (Å²) in [4.78, 5) is 13.4. The minimum absolute atomic E-state index is 0.0105. The van der Waals surface area contributed by atoms with Gasteiger partial charge in [0.15, 0.2) is 0 Å².